The molecular formula is C6H8N2. The molecule has 0 fully saturated rings. The van der Waals surface area contributed by atoms with Gasteiger partial charge in [0, 0.05) is 5.69 Å². The molecule has 1 rings (SSSR count). The zero-order valence-corrected chi connectivity index (χ0v) is 4.08. The number of nitrogens with one attached hydrogen (secondary N) is 1. The largest absolute Gasteiger partial charge is 0.324 e. The summed E-state index contributed by atoms with van der Waals surface area (Å²) in [7, 11) is 0. The Balaban J connectivity index is 3.56. The van der Waals surface area contributed by atoms with Crippen LogP contribution in [0.2, 0.25) is 0 Å². The minimum Gasteiger partial charge on any atom is -0.324 e. The Morgan fingerprint density at radius 2 is 2.00 bits per heavy atom. The number of hydrogen-bond acceptors (Lipinski definition) is 2. The Bertz CT molecular complexity index is 322. The van der Waals surface area contributed by atoms with Crippen molar-refractivity contribution in [3.05, 3.63) is 30.2 Å². The fraction of sp³-hybridized carbons (Fsp3) is 0. The Morgan fingerprint density at radius 3 is 2.50 bits per heavy atom. The molecule has 0 bridgehead atoms. The van der Waals surface area contributed by atoms with Crippen LogP contribution in [0.4, 0.5) is 5.69 Å². The number of nitrogen functional groups attached to an aromatic ring is 1. The van der Waals surface area contributed by atoms with Crippen molar-refractivity contribution in [2.75, 3.05) is 5.43 Å². The van der Waals surface area contributed by atoms with Crippen LogP contribution >= 0.6 is 0 Å². The number of hydrogen-bond donors (Lipinski definition) is 2. The van der Waals surface area contributed by atoms with Gasteiger partial charge in [0.2, 0.25) is 0 Å². The summed E-state index contributed by atoms with van der Waals surface area (Å²) in [6, 6.07) is -1.86. The molecule has 0 aliphatic carbocycles. The summed E-state index contributed by atoms with van der Waals surface area (Å²) in [5.74, 6) is 5.02. The molecule has 0 heterocycles. The fourth-order valence-electron chi connectivity index (χ4n) is 0.322. The van der Waals surface area contributed by atoms with Crippen LogP contribution in [-0.4, -0.2) is 0 Å². The number of rotatable bonds is 1. The van der Waals surface area contributed by atoms with E-state index >= 15 is 0 Å². The van der Waals surface area contributed by atoms with Crippen molar-refractivity contribution in [3.8, 4) is 0 Å². The summed E-state index contributed by atoms with van der Waals surface area (Å²) in [4.78, 5) is 0. The molecule has 0 aliphatic heterocycles. The van der Waals surface area contributed by atoms with Crippen molar-refractivity contribution in [2.45, 2.75) is 0 Å². The van der Waals surface area contributed by atoms with Crippen molar-refractivity contribution < 1.29 is 6.85 Å². The molecule has 2 nitrogen and oxygen atoms in total. The van der Waals surface area contributed by atoms with E-state index in [4.69, 9.17) is 12.7 Å². The highest BCUT2D eigenvalue weighted by molar-refractivity contribution is 5.40. The maximum atomic E-state index is 7.32. The van der Waals surface area contributed by atoms with Crippen LogP contribution in [0.5, 0.6) is 0 Å². The number of hydrazine groups is 1. The minimum absolute atomic E-state index is 0.0917. The summed E-state index contributed by atoms with van der Waals surface area (Å²) in [6.07, 6.45) is 0. The van der Waals surface area contributed by atoms with E-state index in [1.165, 1.54) is 0 Å². The molecule has 3 N–H and O–H groups in total. The standard InChI is InChI=1S/C6H8N2/c7-8-6-4-2-1-3-5-6/h1-5,8H,7H2/i1D,2D,3D,4D,5D. The van der Waals surface area contributed by atoms with Crippen molar-refractivity contribution >= 4 is 5.69 Å². The Labute approximate surface area is 55.3 Å². The second kappa shape index (κ2) is 2.33. The molecule has 0 saturated carbocycles. The van der Waals surface area contributed by atoms with E-state index in [0.29, 0.717) is 0 Å². The lowest BCUT2D eigenvalue weighted by Crippen LogP contribution is -2.05. The molecule has 0 atom stereocenters. The highest BCUT2D eigenvalue weighted by Gasteiger charge is 1.78. The Kier molecular flexibility index (Phi) is 0.506. The van der Waals surface area contributed by atoms with Gasteiger partial charge in [0.25, 0.3) is 0 Å². The van der Waals surface area contributed by atoms with E-state index in [9.17, 15) is 0 Å². The highest BCUT2D eigenvalue weighted by Crippen LogP contribution is 2.00. The first-order valence-corrected chi connectivity index (χ1v) is 2.04. The summed E-state index contributed by atoms with van der Waals surface area (Å²) in [5.41, 5.74) is 1.98. The molecule has 0 aromatic heterocycles. The van der Waals surface area contributed by atoms with E-state index < -0.39 is 18.1 Å². The SMILES string of the molecule is [2H]c1c([2H])c([2H])c(NN)c([2H])c1[2H]. The molecule has 0 radical (unpaired) electrons. The van der Waals surface area contributed by atoms with Gasteiger partial charge in [0.05, 0.1) is 6.85 Å². The summed E-state index contributed by atoms with van der Waals surface area (Å²) in [5, 5.41) is 0. The molecule has 0 spiro atoms. The first-order chi connectivity index (χ1) is 6.00. The number of nitrogens with two attached hydrogens (primary N) is 1. The molecule has 8 heavy (non-hydrogen) atoms. The van der Waals surface area contributed by atoms with Crippen LogP contribution in [0.15, 0.2) is 30.2 Å². The third-order valence-electron chi connectivity index (χ3n) is 0.644. The monoisotopic (exact) mass is 113 g/mol. The normalized spacial score (nSPS) is 17.4. The van der Waals surface area contributed by atoms with Crippen LogP contribution in [0.25, 0.3) is 0 Å². The Hall–Kier alpha value is -1.02. The number of benzene rings is 1. The van der Waals surface area contributed by atoms with Crippen LogP contribution in [0.1, 0.15) is 6.85 Å². The second-order valence-corrected chi connectivity index (χ2v) is 1.14. The summed E-state index contributed by atoms with van der Waals surface area (Å²) >= 11 is 0. The lowest BCUT2D eigenvalue weighted by atomic mass is 10.3. The molecule has 42 valence electrons. The van der Waals surface area contributed by atoms with Crippen LogP contribution in [-0.2, 0) is 0 Å². The second-order valence-electron chi connectivity index (χ2n) is 1.14. The van der Waals surface area contributed by atoms with Crippen LogP contribution in [0.3, 0.4) is 0 Å². The van der Waals surface area contributed by atoms with Crippen molar-refractivity contribution in [1.29, 1.82) is 0 Å². The third-order valence-corrected chi connectivity index (χ3v) is 0.644. The molecular weight excluding hydrogens is 100 g/mol. The highest BCUT2D eigenvalue weighted by atomic mass is 15.2. The average Bonchev–Trinajstić information content (AvgIpc) is 2.13. The van der Waals surface area contributed by atoms with Gasteiger partial charge in [0.1, 0.15) is 0 Å². The van der Waals surface area contributed by atoms with Gasteiger partial charge in [0.15, 0.2) is 0 Å². The third kappa shape index (κ3) is 0.978. The van der Waals surface area contributed by atoms with Gasteiger partial charge in [-0.2, -0.15) is 0 Å². The zero-order valence-electron chi connectivity index (χ0n) is 9.08. The molecule has 0 amide bonds. The van der Waals surface area contributed by atoms with E-state index in [1.807, 2.05) is 0 Å². The fourth-order valence-corrected chi connectivity index (χ4v) is 0.322. The number of para-hydroxylation sites is 1. The summed E-state index contributed by atoms with van der Waals surface area (Å²) in [6.45, 7) is 0. The average molecular weight is 113 g/mol. The lowest BCUT2D eigenvalue weighted by molar-refractivity contribution is 1.35. The molecule has 0 aliphatic rings. The van der Waals surface area contributed by atoms with Gasteiger partial charge in [-0.25, -0.2) is 0 Å². The van der Waals surface area contributed by atoms with Gasteiger partial charge in [-0.3, -0.25) is 5.84 Å². The Morgan fingerprint density at radius 1 is 1.38 bits per heavy atom. The van der Waals surface area contributed by atoms with Crippen molar-refractivity contribution in [1.82, 2.24) is 0 Å². The molecule has 0 saturated heterocycles. The topological polar surface area (TPSA) is 38.0 Å². The molecule has 1 aromatic rings. The van der Waals surface area contributed by atoms with E-state index in [0.717, 1.165) is 0 Å². The smallest absolute Gasteiger partial charge is 0.0645 e. The van der Waals surface area contributed by atoms with Crippen LogP contribution < -0.4 is 11.3 Å². The van der Waals surface area contributed by atoms with Gasteiger partial charge in [-0.15, -0.1) is 0 Å². The summed E-state index contributed by atoms with van der Waals surface area (Å²) < 4.78 is 36.4. The number of anilines is 1. The predicted molar refractivity (Wildman–Crippen MR) is 34.3 cm³/mol. The van der Waals surface area contributed by atoms with E-state index in [2.05, 4.69) is 5.43 Å². The van der Waals surface area contributed by atoms with Gasteiger partial charge in [-0.1, -0.05) is 18.1 Å². The lowest BCUT2D eigenvalue weighted by Gasteiger charge is -1.94. The first kappa shape index (κ1) is 1.74. The molecule has 2 heteroatoms. The van der Waals surface area contributed by atoms with Crippen molar-refractivity contribution in [3.63, 3.8) is 0 Å². The molecule has 0 unspecified atom stereocenters. The predicted octanol–water partition coefficient (Wildman–Crippen LogP) is 0.972. The maximum absolute atomic E-state index is 7.32. The van der Waals surface area contributed by atoms with Gasteiger partial charge >= 0.3 is 0 Å². The zero-order chi connectivity index (χ0) is 10.2. The van der Waals surface area contributed by atoms with Gasteiger partial charge < -0.3 is 5.43 Å². The maximum Gasteiger partial charge on any atom is 0.0645 e. The first-order valence-electron chi connectivity index (χ1n) is 4.54. The minimum atomic E-state index is -0.422. The quantitative estimate of drug-likeness (QED) is 0.420. The van der Waals surface area contributed by atoms with E-state index in [-0.39, 0.29) is 17.8 Å². The van der Waals surface area contributed by atoms with Gasteiger partial charge in [-0.05, 0) is 12.1 Å². The van der Waals surface area contributed by atoms with E-state index in [1.54, 1.807) is 0 Å². The molecule has 1 aromatic carbocycles. The van der Waals surface area contributed by atoms with Crippen LogP contribution in [0, 0.1) is 0 Å². The van der Waals surface area contributed by atoms with Crippen molar-refractivity contribution in [2.24, 2.45) is 5.84 Å².